The van der Waals surface area contributed by atoms with Crippen molar-refractivity contribution in [2.75, 3.05) is 31.6 Å². The Kier molecular flexibility index (Phi) is 3.74. The van der Waals surface area contributed by atoms with Gasteiger partial charge in [0.2, 0.25) is 0 Å². The van der Waals surface area contributed by atoms with Gasteiger partial charge in [-0.3, -0.25) is 9.80 Å². The van der Waals surface area contributed by atoms with Crippen molar-refractivity contribution in [1.82, 2.24) is 19.4 Å². The number of piperazine rings is 1. The minimum Gasteiger partial charge on any atom is -0.313 e. The summed E-state index contributed by atoms with van der Waals surface area (Å²) in [4.78, 5) is 5.12. The molecule has 3 heterocycles. The van der Waals surface area contributed by atoms with Gasteiger partial charge >= 0.3 is 0 Å². The van der Waals surface area contributed by atoms with Crippen LogP contribution in [0.3, 0.4) is 0 Å². The number of nitrogens with one attached hydrogen (secondary N) is 1. The number of aromatic nitrogens is 2. The van der Waals surface area contributed by atoms with Gasteiger partial charge in [-0.2, -0.15) is 0 Å². The maximum atomic E-state index is 5.46. The van der Waals surface area contributed by atoms with Crippen LogP contribution in [0, 0.1) is 0 Å². The van der Waals surface area contributed by atoms with E-state index in [1.807, 2.05) is 0 Å². The van der Waals surface area contributed by atoms with Crippen molar-refractivity contribution in [3.05, 3.63) is 5.69 Å². The minimum absolute atomic E-state index is 0.744. The molecule has 100 valence electrons. The van der Waals surface area contributed by atoms with E-state index in [2.05, 4.69) is 24.8 Å². The average Bonchev–Trinajstić information content (AvgIpc) is 2.86. The summed E-state index contributed by atoms with van der Waals surface area (Å²) in [5.74, 6) is 5.46. The molecule has 0 radical (unpaired) electrons. The van der Waals surface area contributed by atoms with Gasteiger partial charge in [0.15, 0.2) is 0 Å². The van der Waals surface area contributed by atoms with Crippen LogP contribution >= 0.6 is 11.5 Å². The molecule has 1 aromatic rings. The predicted octanol–water partition coefficient (Wildman–Crippen LogP) is 0.494. The molecule has 0 amide bonds. The molecule has 18 heavy (non-hydrogen) atoms. The molecule has 7 heteroatoms. The zero-order valence-corrected chi connectivity index (χ0v) is 11.3. The topological polar surface area (TPSA) is 70.3 Å². The molecule has 0 spiro atoms. The van der Waals surface area contributed by atoms with Crippen molar-refractivity contribution in [3.63, 3.8) is 0 Å². The normalized spacial score (nSPS) is 25.9. The number of fused-ring (bicyclic) bond motifs is 1. The summed E-state index contributed by atoms with van der Waals surface area (Å²) in [6.45, 7) is 5.61. The second-order valence-electron chi connectivity index (χ2n) is 5.11. The second-order valence-corrected chi connectivity index (χ2v) is 5.87. The molecule has 0 aliphatic carbocycles. The van der Waals surface area contributed by atoms with Gasteiger partial charge in [0.25, 0.3) is 0 Å². The summed E-state index contributed by atoms with van der Waals surface area (Å²) in [6.07, 6.45) is 4.09. The molecule has 1 atom stereocenters. The zero-order valence-electron chi connectivity index (χ0n) is 10.5. The van der Waals surface area contributed by atoms with E-state index < -0.39 is 0 Å². The number of nitrogen functional groups attached to an aromatic ring is 1. The minimum atomic E-state index is 0.744. The lowest BCUT2D eigenvalue weighted by Gasteiger charge is -2.43. The first-order valence-electron chi connectivity index (χ1n) is 6.61. The second kappa shape index (κ2) is 5.48. The Labute approximate surface area is 111 Å². The maximum absolute atomic E-state index is 5.46. The van der Waals surface area contributed by atoms with Crippen LogP contribution in [0.15, 0.2) is 0 Å². The monoisotopic (exact) mass is 268 g/mol. The van der Waals surface area contributed by atoms with E-state index in [4.69, 9.17) is 5.84 Å². The SMILES string of the molecule is NNc1snnc1CN1CCN2CCCCC2C1. The van der Waals surface area contributed by atoms with Crippen molar-refractivity contribution in [1.29, 1.82) is 0 Å². The van der Waals surface area contributed by atoms with Crippen molar-refractivity contribution in [2.45, 2.75) is 31.8 Å². The van der Waals surface area contributed by atoms with Crippen molar-refractivity contribution < 1.29 is 0 Å². The number of rotatable bonds is 3. The summed E-state index contributed by atoms with van der Waals surface area (Å²) < 4.78 is 3.95. The van der Waals surface area contributed by atoms with Gasteiger partial charge in [-0.1, -0.05) is 10.9 Å². The molecule has 3 N–H and O–H groups in total. The summed E-state index contributed by atoms with van der Waals surface area (Å²) in [7, 11) is 0. The first-order valence-corrected chi connectivity index (χ1v) is 7.38. The molecule has 0 bridgehead atoms. The Balaban J connectivity index is 1.61. The van der Waals surface area contributed by atoms with Crippen LogP contribution in [0.5, 0.6) is 0 Å². The van der Waals surface area contributed by atoms with E-state index >= 15 is 0 Å². The fourth-order valence-corrected chi connectivity index (χ4v) is 3.48. The molecule has 0 saturated carbocycles. The van der Waals surface area contributed by atoms with Crippen molar-refractivity contribution in [3.8, 4) is 0 Å². The third-order valence-corrected chi connectivity index (χ3v) is 4.68. The molecule has 2 aliphatic heterocycles. The van der Waals surface area contributed by atoms with Crippen molar-refractivity contribution in [2.24, 2.45) is 5.84 Å². The summed E-state index contributed by atoms with van der Waals surface area (Å²) in [6, 6.07) is 0.744. The molecule has 6 nitrogen and oxygen atoms in total. The molecule has 2 saturated heterocycles. The van der Waals surface area contributed by atoms with Gasteiger partial charge in [0, 0.05) is 43.8 Å². The summed E-state index contributed by atoms with van der Waals surface area (Å²) in [5, 5.41) is 5.05. The zero-order chi connectivity index (χ0) is 12.4. The molecule has 1 aromatic heterocycles. The number of nitrogens with two attached hydrogens (primary N) is 1. The first-order chi connectivity index (χ1) is 8.86. The summed E-state index contributed by atoms with van der Waals surface area (Å²) in [5.41, 5.74) is 3.66. The van der Waals surface area contributed by atoms with Crippen LogP contribution in [0.4, 0.5) is 5.00 Å². The highest BCUT2D eigenvalue weighted by Gasteiger charge is 2.29. The Morgan fingerprint density at radius 3 is 3.17 bits per heavy atom. The van der Waals surface area contributed by atoms with Gasteiger partial charge < -0.3 is 5.43 Å². The van der Waals surface area contributed by atoms with Crippen LogP contribution in [0.25, 0.3) is 0 Å². The number of nitrogens with zero attached hydrogens (tertiary/aromatic N) is 4. The standard InChI is InChI=1S/C11H20N6S/c12-13-11-10(14-15-18-11)8-16-5-6-17-4-2-1-3-9(17)7-16/h9,13H,1-8,12H2. The Morgan fingerprint density at radius 2 is 2.28 bits per heavy atom. The maximum Gasteiger partial charge on any atom is 0.148 e. The number of hydrazine groups is 1. The highest BCUT2D eigenvalue weighted by atomic mass is 32.1. The van der Waals surface area contributed by atoms with Crippen LogP contribution < -0.4 is 11.3 Å². The molecular weight excluding hydrogens is 248 g/mol. The molecular formula is C11H20N6S. The van der Waals surface area contributed by atoms with E-state index in [0.717, 1.165) is 36.4 Å². The quantitative estimate of drug-likeness (QED) is 0.614. The summed E-state index contributed by atoms with van der Waals surface area (Å²) >= 11 is 1.33. The Morgan fingerprint density at radius 1 is 1.33 bits per heavy atom. The molecule has 3 rings (SSSR count). The lowest BCUT2D eigenvalue weighted by atomic mass is 9.99. The predicted molar refractivity (Wildman–Crippen MR) is 72.2 cm³/mol. The smallest absolute Gasteiger partial charge is 0.148 e. The van der Waals surface area contributed by atoms with E-state index in [-0.39, 0.29) is 0 Å². The van der Waals surface area contributed by atoms with Gasteiger partial charge in [-0.25, -0.2) is 5.84 Å². The molecule has 1 unspecified atom stereocenters. The van der Waals surface area contributed by atoms with Crippen molar-refractivity contribution >= 4 is 16.5 Å². The third kappa shape index (κ3) is 2.49. The largest absolute Gasteiger partial charge is 0.313 e. The van der Waals surface area contributed by atoms with Crippen LogP contribution in [0.1, 0.15) is 25.0 Å². The number of hydrogen-bond donors (Lipinski definition) is 2. The highest BCUT2D eigenvalue weighted by Crippen LogP contribution is 2.24. The van der Waals surface area contributed by atoms with Gasteiger partial charge in [0.1, 0.15) is 10.7 Å². The van der Waals surface area contributed by atoms with Crippen LogP contribution in [-0.4, -0.2) is 51.6 Å². The van der Waals surface area contributed by atoms with E-state index in [1.54, 1.807) is 0 Å². The Bertz CT molecular complexity index is 395. The fraction of sp³-hybridized carbons (Fsp3) is 0.818. The van der Waals surface area contributed by atoms with E-state index in [9.17, 15) is 0 Å². The van der Waals surface area contributed by atoms with Crippen LogP contribution in [0.2, 0.25) is 0 Å². The lowest BCUT2D eigenvalue weighted by molar-refractivity contribution is 0.0452. The average molecular weight is 268 g/mol. The lowest BCUT2D eigenvalue weighted by Crippen LogP contribution is -2.54. The molecule has 2 aliphatic rings. The molecule has 0 aromatic carbocycles. The number of anilines is 1. The Hall–Kier alpha value is -0.760. The fourth-order valence-electron chi connectivity index (χ4n) is 3.00. The first kappa shape index (κ1) is 12.3. The number of piperidine rings is 1. The third-order valence-electron chi connectivity index (χ3n) is 3.98. The van der Waals surface area contributed by atoms with Gasteiger partial charge in [-0.05, 0) is 19.4 Å². The van der Waals surface area contributed by atoms with E-state index in [0.29, 0.717) is 0 Å². The number of hydrogen-bond acceptors (Lipinski definition) is 7. The van der Waals surface area contributed by atoms with Gasteiger partial charge in [0.05, 0.1) is 0 Å². The van der Waals surface area contributed by atoms with Gasteiger partial charge in [-0.15, -0.1) is 5.10 Å². The molecule has 2 fully saturated rings. The highest BCUT2D eigenvalue weighted by molar-refractivity contribution is 7.10. The van der Waals surface area contributed by atoms with Crippen LogP contribution in [-0.2, 0) is 6.54 Å². The van der Waals surface area contributed by atoms with E-state index in [1.165, 1.54) is 43.9 Å².